The summed E-state index contributed by atoms with van der Waals surface area (Å²) in [5.74, 6) is -0.287. The Morgan fingerprint density at radius 3 is 2.68 bits per heavy atom. The van der Waals surface area contributed by atoms with Crippen molar-refractivity contribution in [2.45, 2.75) is 18.9 Å². The van der Waals surface area contributed by atoms with Crippen LogP contribution in [0.2, 0.25) is 0 Å². The van der Waals surface area contributed by atoms with E-state index in [1.807, 2.05) is 11.9 Å². The quantitative estimate of drug-likeness (QED) is 0.906. The topological polar surface area (TPSA) is 52.8 Å². The molecule has 0 aromatic heterocycles. The van der Waals surface area contributed by atoms with Crippen molar-refractivity contribution < 1.29 is 9.18 Å². The zero-order valence-electron chi connectivity index (χ0n) is 13.0. The molecule has 3 rings (SSSR count). The summed E-state index contributed by atoms with van der Waals surface area (Å²) in [4.78, 5) is 18.2. The first-order chi connectivity index (χ1) is 10.5. The molecule has 0 spiro atoms. The predicted octanol–water partition coefficient (Wildman–Crippen LogP) is 1.03. The van der Waals surface area contributed by atoms with E-state index in [1.54, 1.807) is 11.0 Å². The van der Waals surface area contributed by atoms with Gasteiger partial charge in [-0.15, -0.1) is 0 Å². The third-order valence-corrected chi connectivity index (χ3v) is 4.59. The Balaban J connectivity index is 1.71. The Bertz CT molecular complexity index is 557. The third kappa shape index (κ3) is 3.08. The molecule has 2 aliphatic heterocycles. The van der Waals surface area contributed by atoms with E-state index in [-0.39, 0.29) is 11.7 Å². The van der Waals surface area contributed by atoms with E-state index in [4.69, 9.17) is 5.73 Å². The van der Waals surface area contributed by atoms with Crippen LogP contribution in [0.3, 0.4) is 0 Å². The van der Waals surface area contributed by atoms with Crippen LogP contribution in [0.4, 0.5) is 15.8 Å². The summed E-state index contributed by atoms with van der Waals surface area (Å²) in [6.07, 6.45) is 2.00. The molecule has 1 aromatic rings. The molecule has 1 aromatic carbocycles. The molecule has 2 aliphatic rings. The van der Waals surface area contributed by atoms with Gasteiger partial charge in [-0.05, 0) is 44.1 Å². The number of likely N-dealkylation sites (tertiary alicyclic amines) is 1. The molecule has 0 saturated carbocycles. The molecule has 5 nitrogen and oxygen atoms in total. The summed E-state index contributed by atoms with van der Waals surface area (Å²) in [7, 11) is 1.86. The van der Waals surface area contributed by atoms with Gasteiger partial charge in [-0.25, -0.2) is 4.39 Å². The van der Waals surface area contributed by atoms with Crippen molar-refractivity contribution in [3.8, 4) is 0 Å². The van der Waals surface area contributed by atoms with E-state index in [2.05, 4.69) is 4.90 Å². The lowest BCUT2D eigenvalue weighted by Gasteiger charge is -2.37. The summed E-state index contributed by atoms with van der Waals surface area (Å²) >= 11 is 0. The monoisotopic (exact) mass is 306 g/mol. The molecule has 2 N–H and O–H groups in total. The van der Waals surface area contributed by atoms with E-state index < -0.39 is 0 Å². The molecule has 1 saturated heterocycles. The highest BCUT2D eigenvalue weighted by molar-refractivity contribution is 6.03. The molecule has 22 heavy (non-hydrogen) atoms. The van der Waals surface area contributed by atoms with Crippen molar-refractivity contribution in [3.05, 3.63) is 24.0 Å². The van der Waals surface area contributed by atoms with Crippen LogP contribution in [0.25, 0.3) is 0 Å². The average molecular weight is 306 g/mol. The number of fused-ring (bicyclic) bond motifs is 1. The number of piperidine rings is 1. The molecule has 0 atom stereocenters. The van der Waals surface area contributed by atoms with Gasteiger partial charge in [-0.3, -0.25) is 4.79 Å². The maximum atomic E-state index is 13.6. The number of carbonyl (C=O) groups is 1. The highest BCUT2D eigenvalue weighted by Gasteiger charge is 2.28. The van der Waals surface area contributed by atoms with E-state index >= 15 is 0 Å². The van der Waals surface area contributed by atoms with E-state index in [0.717, 1.165) is 38.2 Å². The van der Waals surface area contributed by atoms with Crippen LogP contribution in [0, 0.1) is 5.82 Å². The molecule has 1 amide bonds. The van der Waals surface area contributed by atoms with Crippen LogP contribution in [-0.4, -0.2) is 56.6 Å². The number of nitrogens with two attached hydrogens (primary N) is 1. The normalized spacial score (nSPS) is 20.4. The smallest absolute Gasteiger partial charge is 0.246 e. The Kier molecular flexibility index (Phi) is 4.31. The number of nitrogens with zero attached hydrogens (tertiary/aromatic N) is 3. The lowest BCUT2D eigenvalue weighted by molar-refractivity contribution is -0.117. The maximum Gasteiger partial charge on any atom is 0.246 e. The van der Waals surface area contributed by atoms with Crippen LogP contribution in [0.1, 0.15) is 12.8 Å². The zero-order chi connectivity index (χ0) is 15.7. The summed E-state index contributed by atoms with van der Waals surface area (Å²) in [5.41, 5.74) is 7.49. The number of amides is 1. The minimum absolute atomic E-state index is 0.0225. The van der Waals surface area contributed by atoms with Crippen molar-refractivity contribution in [1.29, 1.82) is 0 Å². The Labute approximate surface area is 130 Å². The first kappa shape index (κ1) is 15.2. The fourth-order valence-corrected chi connectivity index (χ4v) is 3.21. The number of benzene rings is 1. The minimum atomic E-state index is -0.309. The predicted molar refractivity (Wildman–Crippen MR) is 85.7 cm³/mol. The molecule has 0 bridgehead atoms. The largest absolute Gasteiger partial charge is 0.364 e. The highest BCUT2D eigenvalue weighted by atomic mass is 19.1. The number of anilines is 2. The van der Waals surface area contributed by atoms with E-state index in [1.165, 1.54) is 12.1 Å². The molecule has 6 heteroatoms. The second-order valence-corrected chi connectivity index (χ2v) is 6.21. The second kappa shape index (κ2) is 6.22. The van der Waals surface area contributed by atoms with Gasteiger partial charge in [-0.1, -0.05) is 0 Å². The molecule has 2 heterocycles. The van der Waals surface area contributed by atoms with Gasteiger partial charge < -0.3 is 20.4 Å². The average Bonchev–Trinajstić information content (AvgIpc) is 2.48. The van der Waals surface area contributed by atoms with Crippen LogP contribution in [-0.2, 0) is 4.79 Å². The Morgan fingerprint density at radius 1 is 1.23 bits per heavy atom. The number of hydrogen-bond acceptors (Lipinski definition) is 4. The number of likely N-dealkylation sites (N-methyl/N-ethyl adjacent to an activating group) is 1. The summed E-state index contributed by atoms with van der Waals surface area (Å²) < 4.78 is 13.6. The van der Waals surface area contributed by atoms with Gasteiger partial charge >= 0.3 is 0 Å². The number of rotatable bonds is 3. The molecule has 0 unspecified atom stereocenters. The van der Waals surface area contributed by atoms with Crippen molar-refractivity contribution in [2.24, 2.45) is 5.73 Å². The standard InChI is InChI=1S/C16H23FN4O/c1-19-11-16(22)21(15-10-12(17)2-3-14(15)19)9-8-20-6-4-13(18)5-7-20/h2-3,10,13H,4-9,11,18H2,1H3. The number of hydrogen-bond donors (Lipinski definition) is 1. The fraction of sp³-hybridized carbons (Fsp3) is 0.562. The molecule has 120 valence electrons. The van der Waals surface area contributed by atoms with Gasteiger partial charge in [-0.2, -0.15) is 0 Å². The van der Waals surface area contributed by atoms with Crippen molar-refractivity contribution in [2.75, 3.05) is 49.6 Å². The summed E-state index contributed by atoms with van der Waals surface area (Å²) in [6.45, 7) is 3.68. The minimum Gasteiger partial charge on any atom is -0.364 e. The Morgan fingerprint density at radius 2 is 1.95 bits per heavy atom. The van der Waals surface area contributed by atoms with Crippen molar-refractivity contribution >= 4 is 17.3 Å². The molecular weight excluding hydrogens is 283 g/mol. The molecule has 1 fully saturated rings. The van der Waals surface area contributed by atoms with Gasteiger partial charge in [0.05, 0.1) is 17.9 Å². The molecular formula is C16H23FN4O. The number of halogens is 1. The lowest BCUT2D eigenvalue weighted by Crippen LogP contribution is -2.48. The number of carbonyl (C=O) groups excluding carboxylic acids is 1. The van der Waals surface area contributed by atoms with Gasteiger partial charge in [0.25, 0.3) is 0 Å². The zero-order valence-corrected chi connectivity index (χ0v) is 13.0. The first-order valence-electron chi connectivity index (χ1n) is 7.83. The van der Waals surface area contributed by atoms with Crippen LogP contribution in [0.15, 0.2) is 18.2 Å². The second-order valence-electron chi connectivity index (χ2n) is 6.21. The van der Waals surface area contributed by atoms with Gasteiger partial charge in [0.2, 0.25) is 5.91 Å². The summed E-state index contributed by atoms with van der Waals surface area (Å²) in [5, 5.41) is 0. The van der Waals surface area contributed by atoms with Crippen LogP contribution >= 0.6 is 0 Å². The molecule has 0 radical (unpaired) electrons. The van der Waals surface area contributed by atoms with Gasteiger partial charge in [0, 0.05) is 26.2 Å². The fourth-order valence-electron chi connectivity index (χ4n) is 3.21. The van der Waals surface area contributed by atoms with E-state index in [9.17, 15) is 9.18 Å². The third-order valence-electron chi connectivity index (χ3n) is 4.59. The Hall–Kier alpha value is -1.66. The van der Waals surface area contributed by atoms with Crippen LogP contribution in [0.5, 0.6) is 0 Å². The van der Waals surface area contributed by atoms with E-state index in [0.29, 0.717) is 24.8 Å². The maximum absolute atomic E-state index is 13.6. The SMILES string of the molecule is CN1CC(=O)N(CCN2CCC(N)CC2)c2cc(F)ccc21. The lowest BCUT2D eigenvalue weighted by atomic mass is 10.1. The summed E-state index contributed by atoms with van der Waals surface area (Å²) in [6, 6.07) is 4.94. The van der Waals surface area contributed by atoms with Crippen molar-refractivity contribution in [1.82, 2.24) is 4.90 Å². The van der Waals surface area contributed by atoms with Crippen LogP contribution < -0.4 is 15.5 Å². The highest BCUT2D eigenvalue weighted by Crippen LogP contribution is 2.33. The first-order valence-corrected chi connectivity index (χ1v) is 7.83. The van der Waals surface area contributed by atoms with Gasteiger partial charge in [0.1, 0.15) is 5.82 Å². The molecule has 0 aliphatic carbocycles. The van der Waals surface area contributed by atoms with Crippen molar-refractivity contribution in [3.63, 3.8) is 0 Å². The van der Waals surface area contributed by atoms with Gasteiger partial charge in [0.15, 0.2) is 0 Å².